The number of aromatic nitrogens is 2. The molecule has 0 amide bonds. The van der Waals surface area contributed by atoms with Gasteiger partial charge in [0.15, 0.2) is 5.78 Å². The number of nitrogens with two attached hydrogens (primary N) is 1. The molecule has 0 aliphatic carbocycles. The van der Waals surface area contributed by atoms with Crippen LogP contribution in [-0.4, -0.2) is 39.1 Å². The van der Waals surface area contributed by atoms with Gasteiger partial charge >= 0.3 is 0 Å². The number of hydrogen-bond donors (Lipinski definition) is 2. The lowest BCUT2D eigenvalue weighted by atomic mass is 9.90. The van der Waals surface area contributed by atoms with Crippen LogP contribution in [-0.2, 0) is 11.2 Å². The lowest BCUT2D eigenvalue weighted by molar-refractivity contribution is -0.119. The highest BCUT2D eigenvalue weighted by Gasteiger charge is 2.34. The fraction of sp³-hybridized carbons (Fsp3) is 0.292. The first-order chi connectivity index (χ1) is 15.8. The van der Waals surface area contributed by atoms with Gasteiger partial charge in [-0.05, 0) is 54.8 Å². The van der Waals surface area contributed by atoms with Gasteiger partial charge < -0.3 is 15.6 Å². The second-order valence-electron chi connectivity index (χ2n) is 8.02. The molecule has 1 aliphatic rings. The Morgan fingerprint density at radius 3 is 2.58 bits per heavy atom. The number of ketones is 1. The standard InChI is InChI=1S/C24H22F3N3O3/c1-12-24(32)18(28)10-21(33-12)14-7-8-29-11-13(14)9-20(31)19-6-5-17(27)23(30-19)22-15(25)3-2-4-16(22)26/h2-8,11-12,18,21,24,32H,9-10,28H2,1H3/t12-,18-,21-,24-/m0/s1. The number of nitrogens with zero attached hydrogens (tertiary/aromatic N) is 2. The van der Waals surface area contributed by atoms with Crippen molar-refractivity contribution >= 4 is 5.78 Å². The molecule has 3 N–H and O–H groups in total. The van der Waals surface area contributed by atoms with Gasteiger partial charge in [0.1, 0.15) is 28.8 Å². The molecule has 4 rings (SSSR count). The van der Waals surface area contributed by atoms with Crippen LogP contribution in [0, 0.1) is 17.5 Å². The Balaban J connectivity index is 1.63. The van der Waals surface area contributed by atoms with Crippen LogP contribution >= 0.6 is 0 Å². The maximum Gasteiger partial charge on any atom is 0.185 e. The monoisotopic (exact) mass is 457 g/mol. The lowest BCUT2D eigenvalue weighted by Gasteiger charge is -2.37. The normalized spacial score (nSPS) is 22.8. The predicted octanol–water partition coefficient (Wildman–Crippen LogP) is 3.52. The summed E-state index contributed by atoms with van der Waals surface area (Å²) in [4.78, 5) is 21.0. The van der Waals surface area contributed by atoms with Crippen molar-refractivity contribution in [2.24, 2.45) is 5.73 Å². The van der Waals surface area contributed by atoms with Gasteiger partial charge in [-0.2, -0.15) is 0 Å². The van der Waals surface area contributed by atoms with Crippen molar-refractivity contribution in [3.05, 3.63) is 83.1 Å². The van der Waals surface area contributed by atoms with Crippen LogP contribution in [0.1, 0.15) is 41.1 Å². The lowest BCUT2D eigenvalue weighted by Crippen LogP contribution is -2.48. The fourth-order valence-corrected chi connectivity index (χ4v) is 3.99. The van der Waals surface area contributed by atoms with Crippen molar-refractivity contribution in [1.29, 1.82) is 0 Å². The summed E-state index contributed by atoms with van der Waals surface area (Å²) in [5.74, 6) is -3.41. The summed E-state index contributed by atoms with van der Waals surface area (Å²) < 4.78 is 48.6. The molecule has 1 aliphatic heterocycles. The van der Waals surface area contributed by atoms with E-state index >= 15 is 0 Å². The maximum absolute atomic E-state index is 14.4. The minimum atomic E-state index is -0.984. The molecular weight excluding hydrogens is 435 g/mol. The van der Waals surface area contributed by atoms with Crippen molar-refractivity contribution in [2.45, 2.75) is 44.1 Å². The molecule has 3 heterocycles. The highest BCUT2D eigenvalue weighted by molar-refractivity contribution is 5.96. The molecule has 1 aromatic carbocycles. The predicted molar refractivity (Wildman–Crippen MR) is 114 cm³/mol. The van der Waals surface area contributed by atoms with E-state index in [0.717, 1.165) is 24.3 Å². The molecule has 172 valence electrons. The number of halogens is 3. The van der Waals surface area contributed by atoms with Crippen molar-refractivity contribution < 1.29 is 27.8 Å². The number of Topliss-reactive ketones (excluding diaryl/α,β-unsaturated/α-hetero) is 1. The number of carbonyl (C=O) groups is 1. The number of aliphatic hydroxyl groups excluding tert-OH is 1. The Kier molecular flexibility index (Phi) is 6.55. The van der Waals surface area contributed by atoms with Crippen LogP contribution in [0.5, 0.6) is 0 Å². The van der Waals surface area contributed by atoms with E-state index in [4.69, 9.17) is 10.5 Å². The smallest absolute Gasteiger partial charge is 0.185 e. The first-order valence-electron chi connectivity index (χ1n) is 10.4. The van der Waals surface area contributed by atoms with Crippen molar-refractivity contribution in [1.82, 2.24) is 9.97 Å². The Morgan fingerprint density at radius 1 is 1.15 bits per heavy atom. The van der Waals surface area contributed by atoms with Gasteiger partial charge in [-0.15, -0.1) is 0 Å². The Morgan fingerprint density at radius 2 is 1.88 bits per heavy atom. The van der Waals surface area contributed by atoms with Gasteiger partial charge in [0, 0.05) is 24.9 Å². The van der Waals surface area contributed by atoms with Crippen LogP contribution in [0.15, 0.2) is 48.8 Å². The molecule has 0 unspecified atom stereocenters. The molecule has 9 heteroatoms. The van der Waals surface area contributed by atoms with Crippen LogP contribution in [0.25, 0.3) is 11.3 Å². The molecule has 6 nitrogen and oxygen atoms in total. The molecule has 2 aromatic heterocycles. The van der Waals surface area contributed by atoms with E-state index in [2.05, 4.69) is 9.97 Å². The zero-order valence-electron chi connectivity index (χ0n) is 17.7. The quantitative estimate of drug-likeness (QED) is 0.569. The first-order valence-corrected chi connectivity index (χ1v) is 10.4. The minimum Gasteiger partial charge on any atom is -0.389 e. The summed E-state index contributed by atoms with van der Waals surface area (Å²) in [6, 6.07) is 6.48. The summed E-state index contributed by atoms with van der Waals surface area (Å²) >= 11 is 0. The molecule has 0 spiro atoms. The average molecular weight is 457 g/mol. The van der Waals surface area contributed by atoms with Crippen LogP contribution in [0.3, 0.4) is 0 Å². The third kappa shape index (κ3) is 4.66. The van der Waals surface area contributed by atoms with Crippen molar-refractivity contribution in [3.8, 4) is 11.3 Å². The van der Waals surface area contributed by atoms with Crippen molar-refractivity contribution in [2.75, 3.05) is 0 Å². The summed E-state index contributed by atoms with van der Waals surface area (Å²) in [7, 11) is 0. The zero-order chi connectivity index (χ0) is 23.7. The van der Waals surface area contributed by atoms with Gasteiger partial charge in [-0.25, -0.2) is 18.2 Å². The van der Waals surface area contributed by atoms with E-state index < -0.39 is 58.8 Å². The number of hydrogen-bond acceptors (Lipinski definition) is 6. The highest BCUT2D eigenvalue weighted by atomic mass is 19.1. The maximum atomic E-state index is 14.4. The van der Waals surface area contributed by atoms with Crippen molar-refractivity contribution in [3.63, 3.8) is 0 Å². The summed E-state index contributed by atoms with van der Waals surface area (Å²) in [5, 5.41) is 10.0. The minimum absolute atomic E-state index is 0.145. The number of rotatable bonds is 5. The van der Waals surface area contributed by atoms with Gasteiger partial charge in [0.05, 0.1) is 23.9 Å². The van der Waals surface area contributed by atoms with Gasteiger partial charge in [-0.1, -0.05) is 6.07 Å². The molecule has 1 saturated heterocycles. The number of aliphatic hydroxyl groups is 1. The zero-order valence-corrected chi connectivity index (χ0v) is 17.7. The molecule has 1 fully saturated rings. The Labute approximate surface area is 188 Å². The largest absolute Gasteiger partial charge is 0.389 e. The number of benzene rings is 1. The van der Waals surface area contributed by atoms with E-state index in [0.29, 0.717) is 17.5 Å². The Hall–Kier alpha value is -3.14. The van der Waals surface area contributed by atoms with Gasteiger partial charge in [-0.3, -0.25) is 9.78 Å². The number of ether oxygens (including phenoxy) is 1. The van der Waals surface area contributed by atoms with Crippen LogP contribution < -0.4 is 5.73 Å². The molecule has 0 saturated carbocycles. The average Bonchev–Trinajstić information content (AvgIpc) is 2.78. The summed E-state index contributed by atoms with van der Waals surface area (Å²) in [6.07, 6.45) is 1.53. The van der Waals surface area contributed by atoms with Gasteiger partial charge in [0.2, 0.25) is 0 Å². The van der Waals surface area contributed by atoms with E-state index in [1.807, 2.05) is 0 Å². The summed E-state index contributed by atoms with van der Waals surface area (Å²) in [6.45, 7) is 1.72. The number of pyridine rings is 2. The van der Waals surface area contributed by atoms with Crippen LogP contribution in [0.2, 0.25) is 0 Å². The molecule has 0 bridgehead atoms. The molecule has 0 radical (unpaired) electrons. The topological polar surface area (TPSA) is 98.3 Å². The fourth-order valence-electron chi connectivity index (χ4n) is 3.99. The molecule has 4 atom stereocenters. The third-order valence-electron chi connectivity index (χ3n) is 5.76. The second kappa shape index (κ2) is 9.38. The number of carbonyl (C=O) groups excluding carboxylic acids is 1. The van der Waals surface area contributed by atoms with E-state index in [-0.39, 0.29) is 12.1 Å². The molecule has 33 heavy (non-hydrogen) atoms. The Bertz CT molecular complexity index is 1160. The SMILES string of the molecule is C[C@@H]1O[C@H](c2ccncc2CC(=O)c2ccc(F)c(-c3c(F)cccc3F)n2)C[C@H](N)[C@H]1O. The molecular formula is C24H22F3N3O3. The second-order valence-corrected chi connectivity index (χ2v) is 8.02. The van der Waals surface area contributed by atoms with E-state index in [1.54, 1.807) is 19.2 Å². The van der Waals surface area contributed by atoms with Gasteiger partial charge in [0.25, 0.3) is 0 Å². The van der Waals surface area contributed by atoms with E-state index in [9.17, 15) is 23.1 Å². The third-order valence-corrected chi connectivity index (χ3v) is 5.76. The summed E-state index contributed by atoms with van der Waals surface area (Å²) in [5.41, 5.74) is 5.91. The van der Waals surface area contributed by atoms with E-state index in [1.165, 1.54) is 12.3 Å². The highest BCUT2D eigenvalue weighted by Crippen LogP contribution is 2.33. The molecule has 3 aromatic rings. The van der Waals surface area contributed by atoms with Crippen LogP contribution in [0.4, 0.5) is 13.2 Å². The first kappa shape index (κ1) is 23.0.